The third kappa shape index (κ3) is 4.69. The number of sulfone groups is 1. The quantitative estimate of drug-likeness (QED) is 0.595. The number of likely N-dealkylation sites (tertiary alicyclic amines) is 1. The summed E-state index contributed by atoms with van der Waals surface area (Å²) in [7, 11) is -3.39. The molecule has 0 aromatic heterocycles. The smallest absolute Gasteiger partial charge is 0.230 e. The minimum Gasteiger partial charge on any atom is -0.387 e. The van der Waals surface area contributed by atoms with Gasteiger partial charge >= 0.3 is 0 Å². The topological polar surface area (TPSA) is 104 Å². The van der Waals surface area contributed by atoms with E-state index < -0.39 is 15.1 Å². The Labute approximate surface area is 161 Å². The largest absolute Gasteiger partial charge is 0.387 e. The molecule has 2 fully saturated rings. The molecule has 0 radical (unpaired) electrons. The molecular weight excluding hydrogens is 362 g/mol. The molecule has 2 aliphatic rings. The summed E-state index contributed by atoms with van der Waals surface area (Å²) in [4.78, 5) is 14.0. The summed E-state index contributed by atoms with van der Waals surface area (Å²) in [6.07, 6.45) is 6.96. The van der Waals surface area contributed by atoms with Crippen molar-refractivity contribution in [2.45, 2.75) is 67.4 Å². The van der Waals surface area contributed by atoms with Crippen molar-refractivity contribution < 1.29 is 13.2 Å². The molecule has 1 saturated heterocycles. The van der Waals surface area contributed by atoms with Gasteiger partial charge in [0.25, 0.3) is 0 Å². The lowest BCUT2D eigenvalue weighted by atomic mass is 9.84. The predicted octanol–water partition coefficient (Wildman–Crippen LogP) is 2.83. The zero-order valence-corrected chi connectivity index (χ0v) is 16.5. The number of carbonyl (C=O) groups is 1. The van der Waals surface area contributed by atoms with Crippen molar-refractivity contribution in [1.82, 2.24) is 4.90 Å². The lowest BCUT2D eigenvalue weighted by Gasteiger charge is -2.31. The normalized spacial score (nSPS) is 19.8. The number of benzene rings is 1. The molecule has 3 rings (SSSR count). The number of rotatable bonds is 5. The van der Waals surface area contributed by atoms with Gasteiger partial charge in [0.1, 0.15) is 0 Å². The van der Waals surface area contributed by atoms with E-state index in [-0.39, 0.29) is 18.2 Å². The standard InChI is InChI=1S/C20H29N3O3S/c21-19(22)14-20(24)23-12-10-18(11-13-23)27(25,26)17-8-6-16(7-9-17)15-4-2-1-3-5-15/h6-9,15,18H,1-5,10-14H2,(H3,21,22). The number of nitrogens with zero attached hydrogens (tertiary/aromatic N) is 1. The fourth-order valence-electron chi connectivity index (χ4n) is 4.25. The highest BCUT2D eigenvalue weighted by Gasteiger charge is 2.32. The van der Waals surface area contributed by atoms with Crippen LogP contribution in [0.4, 0.5) is 0 Å². The summed E-state index contributed by atoms with van der Waals surface area (Å²) in [6, 6.07) is 7.47. The second kappa shape index (κ2) is 8.42. The first-order chi connectivity index (χ1) is 12.9. The van der Waals surface area contributed by atoms with Crippen molar-refractivity contribution in [3.05, 3.63) is 29.8 Å². The Kier molecular flexibility index (Phi) is 6.19. The number of amides is 1. The van der Waals surface area contributed by atoms with Gasteiger partial charge in [-0.1, -0.05) is 31.4 Å². The van der Waals surface area contributed by atoms with Gasteiger partial charge in [0.2, 0.25) is 5.91 Å². The first-order valence-electron chi connectivity index (χ1n) is 9.82. The Morgan fingerprint density at radius 1 is 1.04 bits per heavy atom. The summed E-state index contributed by atoms with van der Waals surface area (Å²) >= 11 is 0. The fourth-order valence-corrected chi connectivity index (χ4v) is 5.98. The average Bonchev–Trinajstić information content (AvgIpc) is 2.68. The third-order valence-electron chi connectivity index (χ3n) is 5.86. The van der Waals surface area contributed by atoms with E-state index in [0.29, 0.717) is 36.7 Å². The maximum absolute atomic E-state index is 13.0. The maximum Gasteiger partial charge on any atom is 0.230 e. The zero-order chi connectivity index (χ0) is 19.4. The van der Waals surface area contributed by atoms with Crippen LogP contribution in [0.3, 0.4) is 0 Å². The van der Waals surface area contributed by atoms with Crippen molar-refractivity contribution in [3.63, 3.8) is 0 Å². The highest BCUT2D eigenvalue weighted by Crippen LogP contribution is 2.33. The Hall–Kier alpha value is -1.89. The van der Waals surface area contributed by atoms with Gasteiger partial charge in [-0.25, -0.2) is 8.42 Å². The number of amidine groups is 1. The minimum atomic E-state index is -3.39. The van der Waals surface area contributed by atoms with Crippen molar-refractivity contribution in [2.75, 3.05) is 13.1 Å². The maximum atomic E-state index is 13.0. The van der Waals surface area contributed by atoms with Crippen LogP contribution in [0.1, 0.15) is 62.8 Å². The molecule has 1 aromatic carbocycles. The van der Waals surface area contributed by atoms with Crippen LogP contribution in [0.15, 0.2) is 29.2 Å². The molecule has 3 N–H and O–H groups in total. The van der Waals surface area contributed by atoms with Gasteiger partial charge in [-0.15, -0.1) is 0 Å². The van der Waals surface area contributed by atoms with Crippen molar-refractivity contribution in [3.8, 4) is 0 Å². The molecule has 7 heteroatoms. The highest BCUT2D eigenvalue weighted by atomic mass is 32.2. The molecule has 148 valence electrons. The number of carbonyl (C=O) groups excluding carboxylic acids is 1. The number of nitrogens with one attached hydrogen (secondary N) is 1. The van der Waals surface area contributed by atoms with Gasteiger partial charge in [-0.2, -0.15) is 0 Å². The Morgan fingerprint density at radius 2 is 1.63 bits per heavy atom. The van der Waals surface area contributed by atoms with Crippen LogP contribution in [-0.2, 0) is 14.6 Å². The van der Waals surface area contributed by atoms with Crippen LogP contribution >= 0.6 is 0 Å². The van der Waals surface area contributed by atoms with Gasteiger partial charge in [-0.3, -0.25) is 10.2 Å². The lowest BCUT2D eigenvalue weighted by molar-refractivity contribution is -0.130. The molecular formula is C20H29N3O3S. The van der Waals surface area contributed by atoms with Crippen LogP contribution < -0.4 is 5.73 Å². The van der Waals surface area contributed by atoms with E-state index in [1.807, 2.05) is 12.1 Å². The first-order valence-corrected chi connectivity index (χ1v) is 11.4. The van der Waals surface area contributed by atoms with E-state index in [0.717, 1.165) is 0 Å². The van der Waals surface area contributed by atoms with Crippen LogP contribution in [0.25, 0.3) is 0 Å². The van der Waals surface area contributed by atoms with Gasteiger partial charge in [0.05, 0.1) is 22.4 Å². The zero-order valence-electron chi connectivity index (χ0n) is 15.7. The van der Waals surface area contributed by atoms with Crippen molar-refractivity contribution in [1.29, 1.82) is 5.41 Å². The molecule has 1 aromatic rings. The number of hydrogen-bond donors (Lipinski definition) is 2. The Bertz CT molecular complexity index is 775. The summed E-state index contributed by atoms with van der Waals surface area (Å²) in [5, 5.41) is 6.76. The lowest BCUT2D eigenvalue weighted by Crippen LogP contribution is -2.43. The minimum absolute atomic E-state index is 0.0972. The molecule has 1 amide bonds. The van der Waals surface area contributed by atoms with E-state index in [4.69, 9.17) is 11.1 Å². The van der Waals surface area contributed by atoms with Crippen LogP contribution in [-0.4, -0.2) is 43.4 Å². The van der Waals surface area contributed by atoms with E-state index in [9.17, 15) is 13.2 Å². The van der Waals surface area contributed by atoms with Crippen molar-refractivity contribution >= 4 is 21.6 Å². The second-order valence-corrected chi connectivity index (χ2v) is 9.96. The molecule has 1 saturated carbocycles. The van der Waals surface area contributed by atoms with Crippen LogP contribution in [0.2, 0.25) is 0 Å². The monoisotopic (exact) mass is 391 g/mol. The highest BCUT2D eigenvalue weighted by molar-refractivity contribution is 7.92. The Morgan fingerprint density at radius 3 is 2.19 bits per heavy atom. The number of hydrogen-bond acceptors (Lipinski definition) is 4. The van der Waals surface area contributed by atoms with E-state index in [1.54, 1.807) is 17.0 Å². The van der Waals surface area contributed by atoms with Gasteiger partial charge in [0, 0.05) is 13.1 Å². The molecule has 0 unspecified atom stereocenters. The van der Waals surface area contributed by atoms with Crippen molar-refractivity contribution in [2.24, 2.45) is 5.73 Å². The number of nitrogens with two attached hydrogens (primary N) is 1. The predicted molar refractivity (Wildman–Crippen MR) is 106 cm³/mol. The molecule has 0 spiro atoms. The van der Waals surface area contributed by atoms with Gasteiger partial charge in [-0.05, 0) is 49.3 Å². The fraction of sp³-hybridized carbons (Fsp3) is 0.600. The molecule has 1 heterocycles. The SMILES string of the molecule is N=C(N)CC(=O)N1CCC(S(=O)(=O)c2ccc(C3CCCCC3)cc2)CC1. The summed E-state index contributed by atoms with van der Waals surface area (Å²) < 4.78 is 25.9. The summed E-state index contributed by atoms with van der Waals surface area (Å²) in [5.41, 5.74) is 6.53. The van der Waals surface area contributed by atoms with E-state index >= 15 is 0 Å². The van der Waals surface area contributed by atoms with Gasteiger partial charge in [0.15, 0.2) is 9.84 Å². The number of piperidine rings is 1. The molecule has 1 aliphatic carbocycles. The summed E-state index contributed by atoms with van der Waals surface area (Å²) in [5.74, 6) is 0.203. The molecule has 0 bridgehead atoms. The Balaban J connectivity index is 1.63. The second-order valence-electron chi connectivity index (χ2n) is 7.73. The molecule has 0 atom stereocenters. The third-order valence-corrected chi connectivity index (χ3v) is 8.14. The summed E-state index contributed by atoms with van der Waals surface area (Å²) in [6.45, 7) is 0.798. The average molecular weight is 392 g/mol. The first kappa shape index (κ1) is 19.9. The van der Waals surface area contributed by atoms with Gasteiger partial charge < -0.3 is 10.6 Å². The van der Waals surface area contributed by atoms with E-state index in [1.165, 1.54) is 37.7 Å². The molecule has 6 nitrogen and oxygen atoms in total. The van der Waals surface area contributed by atoms with Crippen LogP contribution in [0.5, 0.6) is 0 Å². The molecule has 27 heavy (non-hydrogen) atoms. The van der Waals surface area contributed by atoms with Crippen LogP contribution in [0, 0.1) is 5.41 Å². The molecule has 1 aliphatic heterocycles. The van der Waals surface area contributed by atoms with E-state index in [2.05, 4.69) is 0 Å².